The van der Waals surface area contributed by atoms with Gasteiger partial charge in [-0.15, -0.1) is 0 Å². The van der Waals surface area contributed by atoms with Gasteiger partial charge < -0.3 is 4.74 Å². The largest absolute Gasteiger partial charge is 0.431 e. The molecule has 1 aliphatic heterocycles. The standard InChI is InChI=1S/C18H12ClF3N4O2S/c19-11-4-5-13-14(7-11)29-17(24-13)28-12-3-1-2-10(6-12)16-23-8-15(27)26(25-16)9-18(20,21)22/h1-7H,8-9H2,(H,23,25). The van der Waals surface area contributed by atoms with Crippen molar-refractivity contribution in [2.45, 2.75) is 6.18 Å². The molecule has 0 saturated heterocycles. The zero-order valence-electron chi connectivity index (χ0n) is 14.5. The quantitative estimate of drug-likeness (QED) is 0.653. The Balaban J connectivity index is 1.54. The van der Waals surface area contributed by atoms with Crippen molar-refractivity contribution in [1.82, 2.24) is 15.4 Å². The highest BCUT2D eigenvalue weighted by molar-refractivity contribution is 7.20. The number of hydrogen-bond acceptors (Lipinski definition) is 6. The van der Waals surface area contributed by atoms with E-state index in [1.807, 2.05) is 0 Å². The lowest BCUT2D eigenvalue weighted by atomic mass is 10.2. The number of carbonyl (C=O) groups excluding carboxylic acids is 1. The summed E-state index contributed by atoms with van der Waals surface area (Å²) in [7, 11) is 0. The van der Waals surface area contributed by atoms with Crippen molar-refractivity contribution in [2.75, 3.05) is 13.1 Å². The first-order chi connectivity index (χ1) is 13.8. The summed E-state index contributed by atoms with van der Waals surface area (Å²) < 4.78 is 44.6. The Hall–Kier alpha value is -2.85. The van der Waals surface area contributed by atoms with E-state index in [1.54, 1.807) is 42.5 Å². The van der Waals surface area contributed by atoms with E-state index >= 15 is 0 Å². The van der Waals surface area contributed by atoms with E-state index in [4.69, 9.17) is 16.3 Å². The Morgan fingerprint density at radius 3 is 2.86 bits per heavy atom. The molecule has 2 heterocycles. The molecular weight excluding hydrogens is 429 g/mol. The average Bonchev–Trinajstić information content (AvgIpc) is 3.04. The third-order valence-corrected chi connectivity index (χ3v) is 5.03. The van der Waals surface area contributed by atoms with Crippen LogP contribution in [0.2, 0.25) is 5.02 Å². The highest BCUT2D eigenvalue weighted by atomic mass is 35.5. The normalized spacial score (nSPS) is 14.7. The van der Waals surface area contributed by atoms with Gasteiger partial charge in [-0.05, 0) is 30.3 Å². The minimum absolute atomic E-state index is 0.149. The van der Waals surface area contributed by atoms with Gasteiger partial charge in [-0.2, -0.15) is 13.2 Å². The van der Waals surface area contributed by atoms with Crippen LogP contribution in [-0.4, -0.2) is 41.0 Å². The molecule has 0 spiro atoms. The van der Waals surface area contributed by atoms with Gasteiger partial charge in [0.15, 0.2) is 0 Å². The molecule has 150 valence electrons. The number of rotatable bonds is 4. The number of carbonyl (C=O) groups is 1. The average molecular weight is 441 g/mol. The fourth-order valence-corrected chi connectivity index (χ4v) is 3.76. The maximum atomic E-state index is 12.7. The molecule has 0 fully saturated rings. The molecule has 4 rings (SSSR count). The number of aliphatic imine (C=N–C) groups is 1. The smallest absolute Gasteiger partial charge is 0.408 e. The topological polar surface area (TPSA) is 66.8 Å². The number of alkyl halides is 3. The van der Waals surface area contributed by atoms with Gasteiger partial charge in [0.25, 0.3) is 11.1 Å². The van der Waals surface area contributed by atoms with Crippen molar-refractivity contribution >= 4 is 44.9 Å². The van der Waals surface area contributed by atoms with Crippen LogP contribution in [0.15, 0.2) is 47.5 Å². The van der Waals surface area contributed by atoms with Crippen LogP contribution in [-0.2, 0) is 4.79 Å². The second kappa shape index (κ2) is 7.53. The van der Waals surface area contributed by atoms with E-state index in [0.717, 1.165) is 10.2 Å². The Morgan fingerprint density at radius 1 is 1.24 bits per heavy atom. The van der Waals surface area contributed by atoms with Crippen LogP contribution in [0, 0.1) is 0 Å². The number of thiazole rings is 1. The number of halogens is 4. The first-order valence-electron chi connectivity index (χ1n) is 8.29. The minimum Gasteiger partial charge on any atom is -0.431 e. The number of benzene rings is 2. The Bertz CT molecular complexity index is 1120. The van der Waals surface area contributed by atoms with E-state index in [9.17, 15) is 18.0 Å². The molecular formula is C18H12ClF3N4O2S. The lowest BCUT2D eigenvalue weighted by molar-refractivity contribution is -0.164. The highest BCUT2D eigenvalue weighted by Crippen LogP contribution is 2.33. The van der Waals surface area contributed by atoms with Crippen molar-refractivity contribution < 1.29 is 22.7 Å². The summed E-state index contributed by atoms with van der Waals surface area (Å²) in [5.74, 6) is -0.182. The molecule has 0 aliphatic carbocycles. The fourth-order valence-electron chi connectivity index (χ4n) is 2.65. The molecule has 11 heteroatoms. The van der Waals surface area contributed by atoms with E-state index in [-0.39, 0.29) is 12.4 Å². The Kier molecular flexibility index (Phi) is 5.05. The first kappa shape index (κ1) is 19.5. The minimum atomic E-state index is -4.52. The summed E-state index contributed by atoms with van der Waals surface area (Å²) in [5, 5.41) is 1.49. The zero-order valence-corrected chi connectivity index (χ0v) is 16.1. The summed E-state index contributed by atoms with van der Waals surface area (Å²) in [4.78, 5) is 20.1. The molecule has 0 radical (unpaired) electrons. The lowest BCUT2D eigenvalue weighted by Gasteiger charge is -2.29. The van der Waals surface area contributed by atoms with Crippen LogP contribution < -0.4 is 10.2 Å². The summed E-state index contributed by atoms with van der Waals surface area (Å²) in [6.07, 6.45) is -4.52. The molecule has 0 bridgehead atoms. The molecule has 1 aromatic heterocycles. The lowest BCUT2D eigenvalue weighted by Crippen LogP contribution is -2.54. The number of ether oxygens (including phenoxy) is 1. The number of hydrogen-bond donors (Lipinski definition) is 1. The maximum Gasteiger partial charge on any atom is 0.408 e. The van der Waals surface area contributed by atoms with Crippen LogP contribution in [0.5, 0.6) is 10.9 Å². The molecule has 29 heavy (non-hydrogen) atoms. The molecule has 1 amide bonds. The number of amidine groups is 1. The molecule has 0 atom stereocenters. The molecule has 1 aliphatic rings. The summed E-state index contributed by atoms with van der Waals surface area (Å²) in [6, 6.07) is 11.9. The summed E-state index contributed by atoms with van der Waals surface area (Å²) in [5.41, 5.74) is 3.64. The zero-order chi connectivity index (χ0) is 20.6. The second-order valence-electron chi connectivity index (χ2n) is 6.09. The van der Waals surface area contributed by atoms with Gasteiger partial charge in [0.05, 0.1) is 10.2 Å². The molecule has 1 N–H and O–H groups in total. The predicted molar refractivity (Wildman–Crippen MR) is 103 cm³/mol. The van der Waals surface area contributed by atoms with Crippen LogP contribution in [0.25, 0.3) is 10.2 Å². The van der Waals surface area contributed by atoms with E-state index in [0.29, 0.717) is 26.5 Å². The maximum absolute atomic E-state index is 12.7. The predicted octanol–water partition coefficient (Wildman–Crippen LogP) is 4.40. The van der Waals surface area contributed by atoms with Gasteiger partial charge in [-0.1, -0.05) is 35.1 Å². The summed E-state index contributed by atoms with van der Waals surface area (Å²) in [6.45, 7) is -1.78. The van der Waals surface area contributed by atoms with Crippen molar-refractivity contribution in [2.24, 2.45) is 4.99 Å². The van der Waals surface area contributed by atoms with Gasteiger partial charge in [0.1, 0.15) is 24.7 Å². The highest BCUT2D eigenvalue weighted by Gasteiger charge is 2.35. The van der Waals surface area contributed by atoms with E-state index < -0.39 is 18.6 Å². The number of nitrogens with zero attached hydrogens (tertiary/aromatic N) is 3. The molecule has 2 aromatic carbocycles. The molecule has 0 saturated carbocycles. The van der Waals surface area contributed by atoms with Crippen molar-refractivity contribution in [3.8, 4) is 10.9 Å². The second-order valence-corrected chi connectivity index (χ2v) is 7.52. The van der Waals surface area contributed by atoms with Crippen LogP contribution >= 0.6 is 22.9 Å². The number of amides is 1. The SMILES string of the molecule is O=C1CN=C(c2cccc(Oc3nc4ccc(Cl)cc4s3)c2)NN1CC(F)(F)F. The Labute approximate surface area is 171 Å². The third kappa shape index (κ3) is 4.60. The number of fused-ring (bicyclic) bond motifs is 1. The van der Waals surface area contributed by atoms with Crippen molar-refractivity contribution in [3.05, 3.63) is 53.1 Å². The van der Waals surface area contributed by atoms with Crippen molar-refractivity contribution in [1.29, 1.82) is 0 Å². The molecule has 3 aromatic rings. The molecule has 6 nitrogen and oxygen atoms in total. The van der Waals surface area contributed by atoms with Crippen LogP contribution in [0.3, 0.4) is 0 Å². The van der Waals surface area contributed by atoms with Gasteiger partial charge in [-0.25, -0.2) is 9.99 Å². The van der Waals surface area contributed by atoms with Crippen LogP contribution in [0.4, 0.5) is 13.2 Å². The summed E-state index contributed by atoms with van der Waals surface area (Å²) >= 11 is 7.29. The van der Waals surface area contributed by atoms with Gasteiger partial charge >= 0.3 is 6.18 Å². The van der Waals surface area contributed by atoms with Crippen molar-refractivity contribution in [3.63, 3.8) is 0 Å². The molecule has 0 unspecified atom stereocenters. The number of aromatic nitrogens is 1. The van der Waals surface area contributed by atoms with E-state index in [1.165, 1.54) is 11.3 Å². The van der Waals surface area contributed by atoms with E-state index in [2.05, 4.69) is 15.4 Å². The van der Waals surface area contributed by atoms with Gasteiger partial charge in [0, 0.05) is 10.6 Å². The van der Waals surface area contributed by atoms with Gasteiger partial charge in [-0.3, -0.25) is 15.2 Å². The monoisotopic (exact) mass is 440 g/mol. The van der Waals surface area contributed by atoms with Crippen LogP contribution in [0.1, 0.15) is 5.56 Å². The Morgan fingerprint density at radius 2 is 2.07 bits per heavy atom. The first-order valence-corrected chi connectivity index (χ1v) is 9.49. The third-order valence-electron chi connectivity index (χ3n) is 3.90. The fraction of sp³-hybridized carbons (Fsp3) is 0.167. The number of nitrogens with one attached hydrogen (secondary N) is 1. The van der Waals surface area contributed by atoms with Gasteiger partial charge in [0.2, 0.25) is 0 Å². The number of hydrazine groups is 1.